The number of amides is 1. The molecule has 0 spiro atoms. The topological polar surface area (TPSA) is 130 Å². The van der Waals surface area contributed by atoms with E-state index >= 15 is 4.39 Å². The van der Waals surface area contributed by atoms with Crippen LogP contribution in [0.4, 0.5) is 4.39 Å². The maximum Gasteiger partial charge on any atom is 0.336 e. The number of aliphatic hydroxyl groups is 1. The van der Waals surface area contributed by atoms with Crippen LogP contribution >= 0.6 is 0 Å². The lowest BCUT2D eigenvalue weighted by Gasteiger charge is -2.34. The minimum Gasteiger partial charge on any atom is -0.478 e. The van der Waals surface area contributed by atoms with Gasteiger partial charge in [-0.2, -0.15) is 8.36 Å². The van der Waals surface area contributed by atoms with E-state index in [1.165, 1.54) is 51.2 Å². The maximum atomic E-state index is 15.7. The van der Waals surface area contributed by atoms with Gasteiger partial charge in [0.25, 0.3) is 15.9 Å². The van der Waals surface area contributed by atoms with Gasteiger partial charge in [-0.3, -0.25) is 4.79 Å². The molecular formula is C35H31FN3O6S. The van der Waals surface area contributed by atoms with Crippen molar-refractivity contribution in [2.45, 2.75) is 51.2 Å². The van der Waals surface area contributed by atoms with E-state index in [0.717, 1.165) is 16.7 Å². The zero-order chi connectivity index (χ0) is 33.1. The normalized spacial score (nSPS) is 13.6. The Bertz CT molecular complexity index is 2170. The van der Waals surface area contributed by atoms with E-state index in [1.54, 1.807) is 35.2 Å². The molecule has 0 bridgehead atoms. The number of carbonyl (C=O) groups excluding carboxylic acids is 1. The van der Waals surface area contributed by atoms with Gasteiger partial charge in [-0.15, -0.1) is 0 Å². The van der Waals surface area contributed by atoms with Crippen molar-refractivity contribution in [1.29, 1.82) is 0 Å². The van der Waals surface area contributed by atoms with E-state index < -0.39 is 33.4 Å². The zero-order valence-corrected chi connectivity index (χ0v) is 26.4. The first-order valence-corrected chi connectivity index (χ1v) is 16.0. The molecule has 1 radical (unpaired) electrons. The van der Waals surface area contributed by atoms with E-state index in [4.69, 9.17) is 0 Å². The number of rotatable bonds is 6. The summed E-state index contributed by atoms with van der Waals surface area (Å²) in [6.45, 7) is 6.67. The summed E-state index contributed by atoms with van der Waals surface area (Å²) in [6.07, 6.45) is 1.90. The average molecular weight is 641 g/mol. The first-order chi connectivity index (χ1) is 21.7. The summed E-state index contributed by atoms with van der Waals surface area (Å²) in [6, 6.07) is 19.0. The lowest BCUT2D eigenvalue weighted by atomic mass is 9.85. The highest BCUT2D eigenvalue weighted by atomic mass is 32.2. The van der Waals surface area contributed by atoms with E-state index in [2.05, 4.69) is 11.1 Å². The van der Waals surface area contributed by atoms with Gasteiger partial charge in [-0.25, -0.2) is 18.2 Å². The number of carboxylic acid groups (broad SMARTS) is 1. The number of fused-ring (bicyclic) bond motifs is 2. The third kappa shape index (κ3) is 5.25. The Labute approximate surface area is 265 Å². The van der Waals surface area contributed by atoms with Gasteiger partial charge in [0.05, 0.1) is 10.5 Å². The molecule has 1 aliphatic heterocycles. The third-order valence-electron chi connectivity index (χ3n) is 8.38. The van der Waals surface area contributed by atoms with Crippen LogP contribution in [0.1, 0.15) is 46.5 Å². The quantitative estimate of drug-likeness (QED) is 0.250. The van der Waals surface area contributed by atoms with Crippen molar-refractivity contribution in [2.75, 3.05) is 6.54 Å². The fraction of sp³-hybridized carbons (Fsp3) is 0.229. The Morgan fingerprint density at radius 3 is 2.41 bits per heavy atom. The molecule has 235 valence electrons. The van der Waals surface area contributed by atoms with Crippen molar-refractivity contribution in [3.63, 3.8) is 0 Å². The molecule has 0 saturated carbocycles. The molecule has 2 aromatic heterocycles. The lowest BCUT2D eigenvalue weighted by molar-refractivity contribution is -0.148. The van der Waals surface area contributed by atoms with Gasteiger partial charge >= 0.3 is 5.97 Å². The van der Waals surface area contributed by atoms with Gasteiger partial charge in [0, 0.05) is 35.8 Å². The first kappa shape index (κ1) is 31.1. The van der Waals surface area contributed by atoms with Crippen LogP contribution in [0, 0.1) is 25.9 Å². The summed E-state index contributed by atoms with van der Waals surface area (Å²) in [5.74, 6) is -2.51. The maximum absolute atomic E-state index is 15.7. The highest BCUT2D eigenvalue weighted by Gasteiger charge is 2.33. The number of aromatic carboxylic acids is 1. The van der Waals surface area contributed by atoms with Crippen LogP contribution in [0.5, 0.6) is 0 Å². The second-order valence-corrected chi connectivity index (χ2v) is 13.9. The fourth-order valence-electron chi connectivity index (χ4n) is 5.92. The first-order valence-electron chi connectivity index (χ1n) is 14.6. The number of carbonyl (C=O) groups is 2. The molecule has 2 N–H and O–H groups in total. The van der Waals surface area contributed by atoms with E-state index in [-0.39, 0.29) is 28.2 Å². The summed E-state index contributed by atoms with van der Waals surface area (Å²) in [5.41, 5.74) is 3.19. The summed E-state index contributed by atoms with van der Waals surface area (Å²) in [5, 5.41) is 20.7. The molecule has 46 heavy (non-hydrogen) atoms. The molecule has 0 saturated heterocycles. The average Bonchev–Trinajstić information content (AvgIpc) is 3.28. The second kappa shape index (κ2) is 11.2. The molecule has 0 unspecified atom stereocenters. The number of benzene rings is 3. The number of hydrogen-bond acceptors (Lipinski definition) is 6. The van der Waals surface area contributed by atoms with Crippen LogP contribution in [-0.2, 0) is 27.8 Å². The summed E-state index contributed by atoms with van der Waals surface area (Å²) in [7, 11) is -4.29. The number of carboxylic acids is 1. The van der Waals surface area contributed by atoms with Crippen molar-refractivity contribution in [3.8, 4) is 22.3 Å². The molecule has 9 nitrogen and oxygen atoms in total. The third-order valence-corrected chi connectivity index (χ3v) is 10.1. The molecular weight excluding hydrogens is 609 g/mol. The molecule has 1 amide bonds. The van der Waals surface area contributed by atoms with Gasteiger partial charge in [0.15, 0.2) is 5.65 Å². The van der Waals surface area contributed by atoms with E-state index in [0.29, 0.717) is 44.6 Å². The largest absolute Gasteiger partial charge is 0.478 e. The van der Waals surface area contributed by atoms with Gasteiger partial charge in [-0.05, 0) is 104 Å². The number of nitrogens with zero attached hydrogens (tertiary/aromatic N) is 3. The van der Waals surface area contributed by atoms with Gasteiger partial charge < -0.3 is 15.1 Å². The fourth-order valence-corrected chi connectivity index (χ4v) is 7.33. The monoisotopic (exact) mass is 640 g/mol. The molecule has 5 aromatic rings. The van der Waals surface area contributed by atoms with Crippen LogP contribution in [0.3, 0.4) is 0 Å². The van der Waals surface area contributed by atoms with Crippen molar-refractivity contribution >= 4 is 32.9 Å². The number of hydrogen-bond donors (Lipinski definition) is 2. The van der Waals surface area contributed by atoms with Gasteiger partial charge in [0.1, 0.15) is 5.60 Å². The minimum atomic E-state index is -4.29. The van der Waals surface area contributed by atoms with Gasteiger partial charge in [0.2, 0.25) is 5.95 Å². The van der Waals surface area contributed by atoms with E-state index in [9.17, 15) is 28.2 Å². The molecule has 11 heteroatoms. The van der Waals surface area contributed by atoms with Crippen LogP contribution in [0.25, 0.3) is 33.3 Å². The summed E-state index contributed by atoms with van der Waals surface area (Å²) >= 11 is 0. The highest BCUT2D eigenvalue weighted by Crippen LogP contribution is 2.38. The Morgan fingerprint density at radius 2 is 1.74 bits per heavy atom. The smallest absolute Gasteiger partial charge is 0.336 e. The molecule has 3 aromatic carbocycles. The highest BCUT2D eigenvalue weighted by molar-refractivity contribution is 7.90. The van der Waals surface area contributed by atoms with Crippen LogP contribution < -0.4 is 0 Å². The van der Waals surface area contributed by atoms with Crippen molar-refractivity contribution in [2.24, 2.45) is 0 Å². The Hall–Kier alpha value is -4.87. The molecule has 3 heterocycles. The summed E-state index contributed by atoms with van der Waals surface area (Å²) < 4.78 is 43.3. The predicted octanol–water partition coefficient (Wildman–Crippen LogP) is 5.52. The number of pyridine rings is 1. The van der Waals surface area contributed by atoms with E-state index in [1.807, 2.05) is 13.0 Å². The Kier molecular flexibility index (Phi) is 7.57. The lowest BCUT2D eigenvalue weighted by Crippen LogP contribution is -2.47. The molecule has 1 aliphatic rings. The zero-order valence-electron chi connectivity index (χ0n) is 25.6. The molecule has 0 aliphatic carbocycles. The molecule has 0 atom stereocenters. The molecule has 0 fully saturated rings. The van der Waals surface area contributed by atoms with Crippen LogP contribution in [0.2, 0.25) is 0 Å². The minimum absolute atomic E-state index is 0.0499. The van der Waals surface area contributed by atoms with Gasteiger partial charge in [-0.1, -0.05) is 29.8 Å². The Balaban J connectivity index is 1.52. The number of aryl methyl sites for hydroxylation is 2. The van der Waals surface area contributed by atoms with Crippen molar-refractivity contribution < 1.29 is 32.6 Å². The second-order valence-electron chi connectivity index (χ2n) is 12.1. The van der Waals surface area contributed by atoms with Crippen molar-refractivity contribution in [3.05, 3.63) is 107 Å². The Morgan fingerprint density at radius 1 is 1.02 bits per heavy atom. The van der Waals surface area contributed by atoms with Crippen LogP contribution in [0.15, 0.2) is 71.8 Å². The van der Waals surface area contributed by atoms with Crippen LogP contribution in [-0.4, -0.2) is 56.5 Å². The SMILES string of the molecule is Cc1ccc(S(=O)(=O)n2c(F)c(C)c3cc(-c4cc5c(c(-c6c[c]ccc6C(=O)O)c4)CN(C(=O)C(C)(C)O)CC5)cnc32)cc1. The standard InChI is InChI=1S/C35H31FN3O6S/c1-20-9-11-25(12-10-20)46(44,45)39-31(36)21(2)28-17-24(18-37-32(28)39)23-15-22-13-14-38(34(42)35(3,4)43)19-30(22)29(16-23)26-7-5-6-8-27(26)33(40)41/h6-12,15-18,43H,13-14,19H2,1-4H3,(H,40,41). The summed E-state index contributed by atoms with van der Waals surface area (Å²) in [4.78, 5) is 31.1. The predicted molar refractivity (Wildman–Crippen MR) is 170 cm³/mol. The van der Waals surface area contributed by atoms with Crippen molar-refractivity contribution in [1.82, 2.24) is 13.9 Å². The number of aromatic nitrogens is 2. The molecule has 6 rings (SSSR count). The number of halogens is 1.